The first-order valence-electron chi connectivity index (χ1n) is 4.62. The Morgan fingerprint density at radius 2 is 1.73 bits per heavy atom. The second-order valence-electron chi connectivity index (χ2n) is 3.23. The molecule has 0 aliphatic heterocycles. The Hall–Kier alpha value is -1.38. The van der Waals surface area contributed by atoms with Gasteiger partial charge >= 0.3 is 0 Å². The van der Waals surface area contributed by atoms with Crippen molar-refractivity contribution in [1.82, 2.24) is 4.98 Å². The van der Waals surface area contributed by atoms with Gasteiger partial charge in [0, 0.05) is 11.8 Å². The molecule has 15 heavy (non-hydrogen) atoms. The Morgan fingerprint density at radius 1 is 1.00 bits per heavy atom. The van der Waals surface area contributed by atoms with Crippen molar-refractivity contribution in [1.29, 1.82) is 0 Å². The van der Waals surface area contributed by atoms with E-state index in [0.29, 0.717) is 5.15 Å². The summed E-state index contributed by atoms with van der Waals surface area (Å²) in [5.74, 6) is 0. The van der Waals surface area contributed by atoms with Crippen LogP contribution in [0.3, 0.4) is 0 Å². The van der Waals surface area contributed by atoms with E-state index in [1.807, 2.05) is 30.3 Å². The molecule has 0 spiro atoms. The molecule has 1 aromatic heterocycles. The first kappa shape index (κ1) is 10.1. The number of aliphatic hydroxyl groups is 1. The summed E-state index contributed by atoms with van der Waals surface area (Å²) < 4.78 is 0. The van der Waals surface area contributed by atoms with Crippen LogP contribution in [-0.4, -0.2) is 10.1 Å². The van der Waals surface area contributed by atoms with Crippen LogP contribution < -0.4 is 0 Å². The minimum absolute atomic E-state index is 0.430. The van der Waals surface area contributed by atoms with Gasteiger partial charge in [-0.1, -0.05) is 48.0 Å². The quantitative estimate of drug-likeness (QED) is 0.788. The minimum Gasteiger partial charge on any atom is -0.384 e. The largest absolute Gasteiger partial charge is 0.384 e. The van der Waals surface area contributed by atoms with E-state index in [2.05, 4.69) is 4.98 Å². The van der Waals surface area contributed by atoms with Crippen molar-refractivity contribution in [3.8, 4) is 0 Å². The summed E-state index contributed by atoms with van der Waals surface area (Å²) in [4.78, 5) is 3.93. The molecule has 1 N–H and O–H groups in total. The van der Waals surface area contributed by atoms with Crippen LogP contribution in [0.2, 0.25) is 5.15 Å². The number of halogens is 1. The molecule has 76 valence electrons. The van der Waals surface area contributed by atoms with Crippen molar-refractivity contribution < 1.29 is 5.11 Å². The number of hydrogen-bond donors (Lipinski definition) is 1. The summed E-state index contributed by atoms with van der Waals surface area (Å²) in [5, 5.41) is 10.4. The lowest BCUT2D eigenvalue weighted by atomic mass is 10.0. The first-order valence-corrected chi connectivity index (χ1v) is 4.99. The zero-order valence-electron chi connectivity index (χ0n) is 7.97. The minimum atomic E-state index is -0.643. The fraction of sp³-hybridized carbons (Fsp3) is 0.0833. The molecule has 0 saturated carbocycles. The predicted molar refractivity (Wildman–Crippen MR) is 59.8 cm³/mol. The second kappa shape index (κ2) is 4.43. The van der Waals surface area contributed by atoms with Gasteiger partial charge in [-0.05, 0) is 11.6 Å². The standard InChI is InChI=1S/C12H10ClNO/c13-11-7-6-10(8-14-11)12(15)9-4-2-1-3-5-9/h1-8,12,15H. The van der Waals surface area contributed by atoms with Gasteiger partial charge in [0.05, 0.1) is 0 Å². The van der Waals surface area contributed by atoms with E-state index in [1.165, 1.54) is 0 Å². The van der Waals surface area contributed by atoms with E-state index >= 15 is 0 Å². The van der Waals surface area contributed by atoms with Crippen LogP contribution in [0.25, 0.3) is 0 Å². The number of aromatic nitrogens is 1. The number of rotatable bonds is 2. The number of benzene rings is 1. The van der Waals surface area contributed by atoms with Crippen LogP contribution in [0, 0.1) is 0 Å². The SMILES string of the molecule is OC(c1ccccc1)c1ccc(Cl)nc1. The first-order chi connectivity index (χ1) is 7.27. The molecule has 1 aromatic carbocycles. The third-order valence-electron chi connectivity index (χ3n) is 2.18. The van der Waals surface area contributed by atoms with Crippen LogP contribution in [0.1, 0.15) is 17.2 Å². The fourth-order valence-electron chi connectivity index (χ4n) is 1.38. The van der Waals surface area contributed by atoms with E-state index in [1.54, 1.807) is 18.3 Å². The molecule has 1 heterocycles. The Labute approximate surface area is 93.2 Å². The van der Waals surface area contributed by atoms with Gasteiger partial charge < -0.3 is 5.11 Å². The Bertz CT molecular complexity index is 427. The topological polar surface area (TPSA) is 33.1 Å². The maximum Gasteiger partial charge on any atom is 0.129 e. The summed E-state index contributed by atoms with van der Waals surface area (Å²) in [6, 6.07) is 12.9. The van der Waals surface area contributed by atoms with Crippen molar-refractivity contribution in [3.05, 3.63) is 64.9 Å². The Kier molecular flexibility index (Phi) is 2.99. The molecule has 0 saturated heterocycles. The van der Waals surface area contributed by atoms with E-state index < -0.39 is 6.10 Å². The molecule has 2 rings (SSSR count). The van der Waals surface area contributed by atoms with Gasteiger partial charge in [0.1, 0.15) is 11.3 Å². The summed E-state index contributed by atoms with van der Waals surface area (Å²) in [6.07, 6.45) is 0.941. The van der Waals surface area contributed by atoms with Gasteiger partial charge in [-0.25, -0.2) is 4.98 Å². The molecule has 0 radical (unpaired) electrons. The Morgan fingerprint density at radius 3 is 2.33 bits per heavy atom. The van der Waals surface area contributed by atoms with Crippen LogP contribution in [-0.2, 0) is 0 Å². The third kappa shape index (κ3) is 2.35. The highest BCUT2D eigenvalue weighted by Gasteiger charge is 2.09. The number of aliphatic hydroxyl groups excluding tert-OH is 1. The molecule has 1 unspecified atom stereocenters. The predicted octanol–water partition coefficient (Wildman–Crippen LogP) is 2.82. The molecular formula is C12H10ClNO. The van der Waals surface area contributed by atoms with Crippen molar-refractivity contribution in [2.24, 2.45) is 0 Å². The summed E-state index contributed by atoms with van der Waals surface area (Å²) in [7, 11) is 0. The fourth-order valence-corrected chi connectivity index (χ4v) is 1.49. The van der Waals surface area contributed by atoms with E-state index in [-0.39, 0.29) is 0 Å². The number of pyridine rings is 1. The van der Waals surface area contributed by atoms with E-state index in [9.17, 15) is 5.11 Å². The molecule has 1 atom stereocenters. The van der Waals surface area contributed by atoms with Gasteiger partial charge in [-0.2, -0.15) is 0 Å². The van der Waals surface area contributed by atoms with Crippen molar-refractivity contribution in [2.45, 2.75) is 6.10 Å². The lowest BCUT2D eigenvalue weighted by Crippen LogP contribution is -1.99. The maximum absolute atomic E-state index is 10.00. The number of nitrogens with zero attached hydrogens (tertiary/aromatic N) is 1. The molecule has 2 aromatic rings. The average molecular weight is 220 g/mol. The molecule has 2 nitrogen and oxygen atoms in total. The molecule has 0 aliphatic carbocycles. The lowest BCUT2D eigenvalue weighted by molar-refractivity contribution is 0.220. The van der Waals surface area contributed by atoms with Crippen molar-refractivity contribution >= 4 is 11.6 Å². The molecule has 0 aliphatic rings. The zero-order chi connectivity index (χ0) is 10.7. The Balaban J connectivity index is 2.29. The molecular weight excluding hydrogens is 210 g/mol. The molecule has 3 heteroatoms. The highest BCUT2D eigenvalue weighted by molar-refractivity contribution is 6.29. The lowest BCUT2D eigenvalue weighted by Gasteiger charge is -2.10. The number of hydrogen-bond acceptors (Lipinski definition) is 2. The smallest absolute Gasteiger partial charge is 0.129 e. The summed E-state index contributed by atoms with van der Waals surface area (Å²) >= 11 is 5.67. The van der Waals surface area contributed by atoms with E-state index in [0.717, 1.165) is 11.1 Å². The normalized spacial score (nSPS) is 12.4. The van der Waals surface area contributed by atoms with Gasteiger partial charge in [-0.3, -0.25) is 0 Å². The van der Waals surface area contributed by atoms with Gasteiger partial charge in [0.25, 0.3) is 0 Å². The highest BCUT2D eigenvalue weighted by atomic mass is 35.5. The molecule has 0 fully saturated rings. The van der Waals surface area contributed by atoms with Crippen LogP contribution >= 0.6 is 11.6 Å². The summed E-state index contributed by atoms with van der Waals surface area (Å²) in [6.45, 7) is 0. The summed E-state index contributed by atoms with van der Waals surface area (Å²) in [5.41, 5.74) is 1.59. The molecule has 0 bridgehead atoms. The van der Waals surface area contributed by atoms with Gasteiger partial charge in [0.15, 0.2) is 0 Å². The monoisotopic (exact) mass is 219 g/mol. The van der Waals surface area contributed by atoms with Gasteiger partial charge in [0.2, 0.25) is 0 Å². The van der Waals surface area contributed by atoms with Crippen LogP contribution in [0.5, 0.6) is 0 Å². The maximum atomic E-state index is 10.00. The average Bonchev–Trinajstić information content (AvgIpc) is 2.30. The van der Waals surface area contributed by atoms with Crippen LogP contribution in [0.4, 0.5) is 0 Å². The van der Waals surface area contributed by atoms with Crippen LogP contribution in [0.15, 0.2) is 48.7 Å². The van der Waals surface area contributed by atoms with Crippen molar-refractivity contribution in [2.75, 3.05) is 0 Å². The van der Waals surface area contributed by atoms with E-state index in [4.69, 9.17) is 11.6 Å². The van der Waals surface area contributed by atoms with Gasteiger partial charge in [-0.15, -0.1) is 0 Å². The molecule has 0 amide bonds. The zero-order valence-corrected chi connectivity index (χ0v) is 8.72. The highest BCUT2D eigenvalue weighted by Crippen LogP contribution is 2.21. The van der Waals surface area contributed by atoms with Crippen molar-refractivity contribution in [3.63, 3.8) is 0 Å². The second-order valence-corrected chi connectivity index (χ2v) is 3.61. The third-order valence-corrected chi connectivity index (χ3v) is 2.40.